The minimum atomic E-state index is -0.404. The summed E-state index contributed by atoms with van der Waals surface area (Å²) >= 11 is 0. The fourth-order valence-electron chi connectivity index (χ4n) is 2.83. The third kappa shape index (κ3) is 3.76. The maximum atomic E-state index is 11.6. The van der Waals surface area contributed by atoms with Gasteiger partial charge in [0.15, 0.2) is 0 Å². The average Bonchev–Trinajstić information content (AvgIpc) is 2.66. The lowest BCUT2D eigenvalue weighted by Gasteiger charge is -2.35. The molecular formula is C16H21N7O2. The summed E-state index contributed by atoms with van der Waals surface area (Å²) in [5, 5.41) is 14.6. The van der Waals surface area contributed by atoms with Crippen LogP contribution in [0.5, 0.6) is 0 Å². The Labute approximate surface area is 145 Å². The number of aromatic nitrogens is 3. The van der Waals surface area contributed by atoms with E-state index in [-0.39, 0.29) is 11.5 Å². The molecule has 2 aromatic rings. The molecule has 0 amide bonds. The first kappa shape index (κ1) is 16.9. The van der Waals surface area contributed by atoms with Crippen LogP contribution < -0.4 is 15.1 Å². The molecule has 0 radical (unpaired) electrons. The zero-order chi connectivity index (χ0) is 17.6. The second-order valence-corrected chi connectivity index (χ2v) is 5.74. The molecule has 0 spiro atoms. The van der Waals surface area contributed by atoms with Crippen molar-refractivity contribution in [1.82, 2.24) is 15.0 Å². The molecule has 3 heterocycles. The van der Waals surface area contributed by atoms with E-state index in [1.54, 1.807) is 6.20 Å². The predicted molar refractivity (Wildman–Crippen MR) is 96.1 cm³/mol. The topological polar surface area (TPSA) is 100 Å². The molecule has 0 aliphatic carbocycles. The first-order valence-electron chi connectivity index (χ1n) is 8.35. The largest absolute Gasteiger partial charge is 0.364 e. The molecule has 0 atom stereocenters. The van der Waals surface area contributed by atoms with Crippen molar-refractivity contribution in [2.24, 2.45) is 0 Å². The smallest absolute Gasteiger partial charge is 0.353 e. The molecule has 1 saturated heterocycles. The van der Waals surface area contributed by atoms with Crippen LogP contribution in [0.2, 0.25) is 0 Å². The average molecular weight is 343 g/mol. The number of anilines is 3. The molecule has 2 aromatic heterocycles. The lowest BCUT2D eigenvalue weighted by atomic mass is 10.2. The third-order valence-electron chi connectivity index (χ3n) is 4.08. The van der Waals surface area contributed by atoms with Crippen LogP contribution in [0.3, 0.4) is 0 Å². The minimum Gasteiger partial charge on any atom is -0.364 e. The van der Waals surface area contributed by atoms with Gasteiger partial charge in [0, 0.05) is 38.9 Å². The van der Waals surface area contributed by atoms with Gasteiger partial charge in [-0.15, -0.1) is 0 Å². The van der Waals surface area contributed by atoms with Crippen molar-refractivity contribution < 1.29 is 4.92 Å². The van der Waals surface area contributed by atoms with Crippen LogP contribution in [0.4, 0.5) is 23.1 Å². The van der Waals surface area contributed by atoms with Gasteiger partial charge in [-0.1, -0.05) is 13.0 Å². The standard InChI is InChI=1S/C16H21N7O2/c1-2-6-18-15-14(23(24)25)16(20-12-19-15)22-10-8-21(9-11-22)13-5-3-4-7-17-13/h3-5,7,12H,2,6,8-11H2,1H3,(H,18,19,20). The molecule has 9 heteroatoms. The molecule has 1 aliphatic heterocycles. The highest BCUT2D eigenvalue weighted by Crippen LogP contribution is 2.32. The predicted octanol–water partition coefficient (Wildman–Crippen LogP) is 1.93. The van der Waals surface area contributed by atoms with Gasteiger partial charge in [-0.2, -0.15) is 0 Å². The van der Waals surface area contributed by atoms with E-state index in [1.165, 1.54) is 6.33 Å². The summed E-state index contributed by atoms with van der Waals surface area (Å²) in [5.41, 5.74) is -0.0535. The molecule has 25 heavy (non-hydrogen) atoms. The van der Waals surface area contributed by atoms with Gasteiger partial charge in [-0.05, 0) is 18.6 Å². The van der Waals surface area contributed by atoms with Crippen LogP contribution in [0.1, 0.15) is 13.3 Å². The monoisotopic (exact) mass is 343 g/mol. The quantitative estimate of drug-likeness (QED) is 0.627. The highest BCUT2D eigenvalue weighted by Gasteiger charge is 2.29. The summed E-state index contributed by atoms with van der Waals surface area (Å²) < 4.78 is 0. The fourth-order valence-corrected chi connectivity index (χ4v) is 2.83. The van der Waals surface area contributed by atoms with E-state index in [2.05, 4.69) is 25.2 Å². The number of nitro groups is 1. The van der Waals surface area contributed by atoms with Gasteiger partial charge < -0.3 is 15.1 Å². The third-order valence-corrected chi connectivity index (χ3v) is 4.08. The summed E-state index contributed by atoms with van der Waals surface area (Å²) in [6, 6.07) is 5.81. The summed E-state index contributed by atoms with van der Waals surface area (Å²) in [6.45, 7) is 5.37. The second-order valence-electron chi connectivity index (χ2n) is 5.74. The van der Waals surface area contributed by atoms with Crippen molar-refractivity contribution in [2.45, 2.75) is 13.3 Å². The first-order chi connectivity index (χ1) is 12.2. The number of nitrogens with one attached hydrogen (secondary N) is 1. The van der Waals surface area contributed by atoms with Gasteiger partial charge in [-0.25, -0.2) is 15.0 Å². The Kier molecular flexibility index (Phi) is 5.22. The summed E-state index contributed by atoms with van der Waals surface area (Å²) in [5.74, 6) is 1.58. The van der Waals surface area contributed by atoms with Crippen LogP contribution >= 0.6 is 0 Å². The lowest BCUT2D eigenvalue weighted by Crippen LogP contribution is -2.47. The molecule has 0 unspecified atom stereocenters. The number of pyridine rings is 1. The molecule has 0 bridgehead atoms. The van der Waals surface area contributed by atoms with E-state index in [9.17, 15) is 10.1 Å². The van der Waals surface area contributed by atoms with Crippen molar-refractivity contribution in [1.29, 1.82) is 0 Å². The SMILES string of the molecule is CCCNc1ncnc(N2CCN(c3ccccn3)CC2)c1[N+](=O)[O-]. The summed E-state index contributed by atoms with van der Waals surface area (Å²) in [4.78, 5) is 27.9. The van der Waals surface area contributed by atoms with Gasteiger partial charge in [0.1, 0.15) is 12.1 Å². The van der Waals surface area contributed by atoms with Gasteiger partial charge >= 0.3 is 5.69 Å². The lowest BCUT2D eigenvalue weighted by molar-refractivity contribution is -0.383. The Morgan fingerprint density at radius 1 is 1.16 bits per heavy atom. The van der Waals surface area contributed by atoms with Gasteiger partial charge in [0.05, 0.1) is 4.92 Å². The van der Waals surface area contributed by atoms with Crippen LogP contribution in [-0.2, 0) is 0 Å². The molecule has 1 fully saturated rings. The van der Waals surface area contributed by atoms with Crippen molar-refractivity contribution in [2.75, 3.05) is 47.8 Å². The first-order valence-corrected chi connectivity index (χ1v) is 8.35. The maximum Gasteiger partial charge on any atom is 0.353 e. The summed E-state index contributed by atoms with van der Waals surface area (Å²) in [7, 11) is 0. The van der Waals surface area contributed by atoms with Gasteiger partial charge in [0.25, 0.3) is 0 Å². The van der Waals surface area contributed by atoms with E-state index in [4.69, 9.17) is 0 Å². The molecule has 3 rings (SSSR count). The maximum absolute atomic E-state index is 11.6. The molecule has 132 valence electrons. The van der Waals surface area contributed by atoms with Gasteiger partial charge in [-0.3, -0.25) is 10.1 Å². The molecule has 9 nitrogen and oxygen atoms in total. The highest BCUT2D eigenvalue weighted by atomic mass is 16.6. The normalized spacial score (nSPS) is 14.4. The Balaban J connectivity index is 1.77. The van der Waals surface area contributed by atoms with Crippen LogP contribution in [0.25, 0.3) is 0 Å². The zero-order valence-electron chi connectivity index (χ0n) is 14.1. The van der Waals surface area contributed by atoms with E-state index in [0.717, 1.165) is 25.3 Å². The summed E-state index contributed by atoms with van der Waals surface area (Å²) in [6.07, 6.45) is 4.01. The molecule has 0 aromatic carbocycles. The van der Waals surface area contributed by atoms with Crippen LogP contribution in [0, 0.1) is 10.1 Å². The van der Waals surface area contributed by atoms with Crippen molar-refractivity contribution in [3.63, 3.8) is 0 Å². The number of rotatable bonds is 6. The van der Waals surface area contributed by atoms with Crippen LogP contribution in [-0.4, -0.2) is 52.6 Å². The van der Waals surface area contributed by atoms with Crippen molar-refractivity contribution >= 4 is 23.1 Å². The highest BCUT2D eigenvalue weighted by molar-refractivity contribution is 5.70. The van der Waals surface area contributed by atoms with E-state index >= 15 is 0 Å². The second kappa shape index (κ2) is 7.73. The fraction of sp³-hybridized carbons (Fsp3) is 0.438. The molecular weight excluding hydrogens is 322 g/mol. The number of piperazine rings is 1. The molecule has 1 N–H and O–H groups in total. The molecule has 1 aliphatic rings. The van der Waals surface area contributed by atoms with Crippen molar-refractivity contribution in [3.05, 3.63) is 40.8 Å². The number of hydrogen-bond donors (Lipinski definition) is 1. The van der Waals surface area contributed by atoms with Gasteiger partial charge in [0.2, 0.25) is 11.6 Å². The van der Waals surface area contributed by atoms with E-state index < -0.39 is 4.92 Å². The Morgan fingerprint density at radius 2 is 1.92 bits per heavy atom. The van der Waals surface area contributed by atoms with E-state index in [0.29, 0.717) is 25.5 Å². The van der Waals surface area contributed by atoms with E-state index in [1.807, 2.05) is 30.0 Å². The Bertz CT molecular complexity index is 718. The van der Waals surface area contributed by atoms with Crippen molar-refractivity contribution in [3.8, 4) is 0 Å². The Morgan fingerprint density at radius 3 is 2.56 bits per heavy atom. The number of hydrogen-bond acceptors (Lipinski definition) is 8. The molecule has 0 saturated carbocycles. The zero-order valence-corrected chi connectivity index (χ0v) is 14.1. The number of nitrogens with zero attached hydrogens (tertiary/aromatic N) is 6. The minimum absolute atomic E-state index is 0.0535. The Hall–Kier alpha value is -2.97. The van der Waals surface area contributed by atoms with Crippen LogP contribution in [0.15, 0.2) is 30.7 Å².